The number of nitrogens with two attached hydrogens (primary N) is 1. The molecule has 2 aromatic carbocycles. The Hall–Kier alpha value is -2.00. The Morgan fingerprint density at radius 2 is 1.80 bits per heavy atom. The number of nitrogens with one attached hydrogen (secondary N) is 1. The molecular formula is C16H17ClN2O. The van der Waals surface area contributed by atoms with Crippen molar-refractivity contribution in [2.45, 2.75) is 19.8 Å². The zero-order valence-corrected chi connectivity index (χ0v) is 12.2. The van der Waals surface area contributed by atoms with Gasteiger partial charge in [0, 0.05) is 5.56 Å². The Labute approximate surface area is 123 Å². The molecule has 0 aromatic heterocycles. The van der Waals surface area contributed by atoms with Crippen LogP contribution in [0.25, 0.3) is 0 Å². The van der Waals surface area contributed by atoms with Gasteiger partial charge in [0.1, 0.15) is 17.3 Å². The Morgan fingerprint density at radius 1 is 1.15 bits per heavy atom. The maximum absolute atomic E-state index is 7.37. The van der Waals surface area contributed by atoms with Crippen LogP contribution in [0.5, 0.6) is 11.5 Å². The van der Waals surface area contributed by atoms with Crippen LogP contribution in [0.1, 0.15) is 30.9 Å². The van der Waals surface area contributed by atoms with E-state index >= 15 is 0 Å². The van der Waals surface area contributed by atoms with Gasteiger partial charge >= 0.3 is 0 Å². The van der Waals surface area contributed by atoms with Gasteiger partial charge in [0.05, 0.1) is 5.02 Å². The fourth-order valence-electron chi connectivity index (χ4n) is 1.80. The smallest absolute Gasteiger partial charge is 0.146 e. The van der Waals surface area contributed by atoms with E-state index in [2.05, 4.69) is 13.8 Å². The Bertz CT molecular complexity index is 621. The highest BCUT2D eigenvalue weighted by Crippen LogP contribution is 2.30. The molecule has 0 spiro atoms. The fraction of sp³-hybridized carbons (Fsp3) is 0.188. The van der Waals surface area contributed by atoms with Crippen molar-refractivity contribution in [3.8, 4) is 11.5 Å². The van der Waals surface area contributed by atoms with Crippen LogP contribution in [-0.2, 0) is 0 Å². The second kappa shape index (κ2) is 5.97. The molecule has 0 saturated carbocycles. The molecule has 0 fully saturated rings. The first-order valence-electron chi connectivity index (χ1n) is 6.39. The minimum Gasteiger partial charge on any atom is -0.456 e. The normalized spacial score (nSPS) is 10.6. The van der Waals surface area contributed by atoms with Crippen molar-refractivity contribution < 1.29 is 4.74 Å². The number of nitrogen functional groups attached to an aromatic ring is 1. The molecule has 104 valence electrons. The van der Waals surface area contributed by atoms with Crippen molar-refractivity contribution in [3.63, 3.8) is 0 Å². The molecular weight excluding hydrogens is 272 g/mol. The summed E-state index contributed by atoms with van der Waals surface area (Å²) in [4.78, 5) is 0. The van der Waals surface area contributed by atoms with Gasteiger partial charge in [-0.3, -0.25) is 5.41 Å². The van der Waals surface area contributed by atoms with E-state index in [9.17, 15) is 0 Å². The lowest BCUT2D eigenvalue weighted by molar-refractivity contribution is 0.482. The Balaban J connectivity index is 2.19. The molecule has 0 aliphatic rings. The number of benzene rings is 2. The molecule has 0 atom stereocenters. The second-order valence-corrected chi connectivity index (χ2v) is 5.29. The van der Waals surface area contributed by atoms with E-state index in [0.29, 0.717) is 22.3 Å². The van der Waals surface area contributed by atoms with Crippen LogP contribution in [0.15, 0.2) is 42.5 Å². The molecule has 3 N–H and O–H groups in total. The first-order valence-corrected chi connectivity index (χ1v) is 6.77. The zero-order chi connectivity index (χ0) is 14.7. The molecule has 0 bridgehead atoms. The van der Waals surface area contributed by atoms with E-state index in [4.69, 9.17) is 27.5 Å². The third kappa shape index (κ3) is 3.31. The zero-order valence-electron chi connectivity index (χ0n) is 11.5. The van der Waals surface area contributed by atoms with E-state index < -0.39 is 0 Å². The lowest BCUT2D eigenvalue weighted by atomic mass is 10.0. The van der Waals surface area contributed by atoms with Crippen molar-refractivity contribution in [1.29, 1.82) is 5.41 Å². The molecule has 2 rings (SSSR count). The molecule has 0 radical (unpaired) electrons. The first kappa shape index (κ1) is 14.4. The van der Waals surface area contributed by atoms with Crippen LogP contribution < -0.4 is 10.5 Å². The molecule has 0 amide bonds. The van der Waals surface area contributed by atoms with Gasteiger partial charge in [-0.1, -0.05) is 37.6 Å². The van der Waals surface area contributed by atoms with Crippen LogP contribution in [0.2, 0.25) is 5.02 Å². The molecule has 3 nitrogen and oxygen atoms in total. The fourth-order valence-corrected chi connectivity index (χ4v) is 2.02. The predicted molar refractivity (Wildman–Crippen MR) is 83.1 cm³/mol. The lowest BCUT2D eigenvalue weighted by Crippen LogP contribution is -2.10. The highest BCUT2D eigenvalue weighted by Gasteiger charge is 2.06. The standard InChI is InChI=1S/C16H17ClN2O/c1-10(2)11-3-6-13(7-4-11)20-15-8-5-12(16(18)19)9-14(15)17/h3-10H,1-2H3,(H3,18,19). The number of halogens is 1. The van der Waals surface area contributed by atoms with E-state index in [1.165, 1.54) is 5.56 Å². The summed E-state index contributed by atoms with van der Waals surface area (Å²) in [7, 11) is 0. The number of ether oxygens (including phenoxy) is 1. The highest BCUT2D eigenvalue weighted by molar-refractivity contribution is 6.32. The van der Waals surface area contributed by atoms with Gasteiger partial charge in [-0.2, -0.15) is 0 Å². The van der Waals surface area contributed by atoms with Gasteiger partial charge in [-0.15, -0.1) is 0 Å². The minimum absolute atomic E-state index is 0.0141. The van der Waals surface area contributed by atoms with Crippen LogP contribution in [0.4, 0.5) is 0 Å². The third-order valence-corrected chi connectivity index (χ3v) is 3.31. The summed E-state index contributed by atoms with van der Waals surface area (Å²) >= 11 is 6.13. The second-order valence-electron chi connectivity index (χ2n) is 4.88. The number of amidine groups is 1. The van der Waals surface area contributed by atoms with Crippen LogP contribution in [0.3, 0.4) is 0 Å². The molecule has 4 heteroatoms. The van der Waals surface area contributed by atoms with Gasteiger partial charge in [-0.05, 0) is 41.8 Å². The van der Waals surface area contributed by atoms with Crippen molar-refractivity contribution in [1.82, 2.24) is 0 Å². The van der Waals surface area contributed by atoms with Crippen LogP contribution in [-0.4, -0.2) is 5.84 Å². The van der Waals surface area contributed by atoms with Crippen molar-refractivity contribution >= 4 is 17.4 Å². The van der Waals surface area contributed by atoms with Crippen molar-refractivity contribution in [3.05, 3.63) is 58.6 Å². The van der Waals surface area contributed by atoms with Crippen molar-refractivity contribution in [2.24, 2.45) is 5.73 Å². The number of rotatable bonds is 4. The minimum atomic E-state index is -0.0141. The monoisotopic (exact) mass is 288 g/mol. The van der Waals surface area contributed by atoms with Gasteiger partial charge in [0.15, 0.2) is 0 Å². The van der Waals surface area contributed by atoms with Crippen LogP contribution in [0, 0.1) is 5.41 Å². The van der Waals surface area contributed by atoms with E-state index in [-0.39, 0.29) is 5.84 Å². The van der Waals surface area contributed by atoms with Gasteiger partial charge in [0.2, 0.25) is 0 Å². The van der Waals surface area contributed by atoms with Gasteiger partial charge in [-0.25, -0.2) is 0 Å². The van der Waals surface area contributed by atoms with Crippen LogP contribution >= 0.6 is 11.6 Å². The molecule has 0 saturated heterocycles. The summed E-state index contributed by atoms with van der Waals surface area (Å²) in [6.07, 6.45) is 0. The maximum atomic E-state index is 7.37. The quantitative estimate of drug-likeness (QED) is 0.641. The summed E-state index contributed by atoms with van der Waals surface area (Å²) in [5.74, 6) is 1.75. The first-order chi connectivity index (χ1) is 9.47. The summed E-state index contributed by atoms with van der Waals surface area (Å²) in [6.45, 7) is 4.29. The molecule has 0 aliphatic heterocycles. The SMILES string of the molecule is CC(C)c1ccc(Oc2ccc(C(=N)N)cc2Cl)cc1. The molecule has 0 unspecified atom stereocenters. The Morgan fingerprint density at radius 3 is 2.30 bits per heavy atom. The predicted octanol–water partition coefficient (Wildman–Crippen LogP) is 4.54. The molecule has 0 heterocycles. The van der Waals surface area contributed by atoms with E-state index in [0.717, 1.165) is 5.75 Å². The van der Waals surface area contributed by atoms with Crippen molar-refractivity contribution in [2.75, 3.05) is 0 Å². The third-order valence-electron chi connectivity index (χ3n) is 3.02. The summed E-state index contributed by atoms with van der Waals surface area (Å²) in [5, 5.41) is 7.80. The molecule has 20 heavy (non-hydrogen) atoms. The number of hydrogen-bond acceptors (Lipinski definition) is 2. The maximum Gasteiger partial charge on any atom is 0.146 e. The molecule has 2 aromatic rings. The van der Waals surface area contributed by atoms with E-state index in [1.54, 1.807) is 18.2 Å². The number of hydrogen-bond donors (Lipinski definition) is 2. The summed E-state index contributed by atoms with van der Waals surface area (Å²) in [5.41, 5.74) is 7.25. The molecule has 0 aliphatic carbocycles. The van der Waals surface area contributed by atoms with E-state index in [1.807, 2.05) is 24.3 Å². The van der Waals surface area contributed by atoms with Gasteiger partial charge in [0.25, 0.3) is 0 Å². The average molecular weight is 289 g/mol. The largest absolute Gasteiger partial charge is 0.456 e. The lowest BCUT2D eigenvalue weighted by Gasteiger charge is -2.10. The summed E-state index contributed by atoms with van der Waals surface area (Å²) in [6, 6.07) is 13.0. The summed E-state index contributed by atoms with van der Waals surface area (Å²) < 4.78 is 5.74. The average Bonchev–Trinajstić information content (AvgIpc) is 2.41. The highest BCUT2D eigenvalue weighted by atomic mass is 35.5. The topological polar surface area (TPSA) is 59.1 Å². The van der Waals surface area contributed by atoms with Gasteiger partial charge < -0.3 is 10.5 Å². The Kier molecular flexibility index (Phi) is 4.30.